The third kappa shape index (κ3) is 4.23. The molecule has 1 aliphatic heterocycles. The van der Waals surface area contributed by atoms with Crippen molar-refractivity contribution >= 4 is 0 Å². The highest BCUT2D eigenvalue weighted by Gasteiger charge is 2.31. The number of likely N-dealkylation sites (tertiary alicyclic amines) is 1. The molecule has 5 unspecified atom stereocenters. The van der Waals surface area contributed by atoms with Gasteiger partial charge in [-0.05, 0) is 56.1 Å². The van der Waals surface area contributed by atoms with Gasteiger partial charge in [0.15, 0.2) is 0 Å². The van der Waals surface area contributed by atoms with Crippen LogP contribution in [0.15, 0.2) is 36.0 Å². The largest absolute Gasteiger partial charge is 0.374 e. The van der Waals surface area contributed by atoms with Gasteiger partial charge in [-0.25, -0.2) is 0 Å². The summed E-state index contributed by atoms with van der Waals surface area (Å²) in [6.45, 7) is 4.09. The van der Waals surface area contributed by atoms with E-state index in [0.29, 0.717) is 23.8 Å². The SMILES string of the molecule is CNC1C=C(C(O)N2CCC(C3C=CC(C#N)CC3)CC2)C=CC1C. The van der Waals surface area contributed by atoms with Gasteiger partial charge in [0, 0.05) is 19.1 Å². The molecule has 0 radical (unpaired) electrons. The summed E-state index contributed by atoms with van der Waals surface area (Å²) in [6, 6.07) is 2.65. The van der Waals surface area contributed by atoms with Crippen molar-refractivity contribution in [2.75, 3.05) is 20.1 Å². The van der Waals surface area contributed by atoms with Crippen LogP contribution in [0.5, 0.6) is 0 Å². The van der Waals surface area contributed by atoms with Crippen LogP contribution in [0.1, 0.15) is 32.6 Å². The van der Waals surface area contributed by atoms with Crippen LogP contribution in [-0.4, -0.2) is 42.4 Å². The maximum Gasteiger partial charge on any atom is 0.133 e. The van der Waals surface area contributed by atoms with Crippen molar-refractivity contribution in [3.05, 3.63) is 36.0 Å². The molecule has 0 aromatic rings. The summed E-state index contributed by atoms with van der Waals surface area (Å²) in [5, 5.41) is 23.1. The van der Waals surface area contributed by atoms with Crippen molar-refractivity contribution in [3.63, 3.8) is 0 Å². The van der Waals surface area contributed by atoms with E-state index in [1.807, 2.05) is 7.05 Å². The first-order chi connectivity index (χ1) is 12.1. The van der Waals surface area contributed by atoms with E-state index in [9.17, 15) is 5.11 Å². The molecule has 136 valence electrons. The molecule has 0 amide bonds. The van der Waals surface area contributed by atoms with Crippen molar-refractivity contribution in [3.8, 4) is 6.07 Å². The summed E-state index contributed by atoms with van der Waals surface area (Å²) >= 11 is 0. The number of likely N-dealkylation sites (N-methyl/N-ethyl adjacent to an activating group) is 1. The summed E-state index contributed by atoms with van der Waals surface area (Å²) in [5.74, 6) is 1.89. The summed E-state index contributed by atoms with van der Waals surface area (Å²) < 4.78 is 0. The Labute approximate surface area is 151 Å². The highest BCUT2D eigenvalue weighted by molar-refractivity contribution is 5.30. The zero-order chi connectivity index (χ0) is 17.8. The Kier molecular flexibility index (Phi) is 6.11. The minimum Gasteiger partial charge on any atom is -0.374 e. The first-order valence-corrected chi connectivity index (χ1v) is 9.69. The molecule has 5 atom stereocenters. The molecule has 2 aliphatic carbocycles. The third-order valence-electron chi connectivity index (χ3n) is 6.26. The molecule has 0 spiro atoms. The fourth-order valence-corrected chi connectivity index (χ4v) is 4.46. The quantitative estimate of drug-likeness (QED) is 0.772. The number of rotatable bonds is 4. The Hall–Kier alpha value is -1.41. The Balaban J connectivity index is 1.54. The van der Waals surface area contributed by atoms with Crippen LogP contribution in [0.2, 0.25) is 0 Å². The Morgan fingerprint density at radius 1 is 1.20 bits per heavy atom. The van der Waals surface area contributed by atoms with Gasteiger partial charge in [-0.2, -0.15) is 5.26 Å². The molecule has 25 heavy (non-hydrogen) atoms. The van der Waals surface area contributed by atoms with E-state index < -0.39 is 6.23 Å². The van der Waals surface area contributed by atoms with Crippen LogP contribution in [0.25, 0.3) is 0 Å². The Bertz CT molecular complexity index is 580. The topological polar surface area (TPSA) is 59.3 Å². The molecule has 4 heteroatoms. The number of aliphatic hydroxyl groups excluding tert-OH is 1. The van der Waals surface area contributed by atoms with Gasteiger partial charge in [-0.1, -0.05) is 37.3 Å². The van der Waals surface area contributed by atoms with Gasteiger partial charge >= 0.3 is 0 Å². The lowest BCUT2D eigenvalue weighted by Crippen LogP contribution is -2.44. The van der Waals surface area contributed by atoms with E-state index in [2.05, 4.69) is 53.6 Å². The van der Waals surface area contributed by atoms with Crippen LogP contribution in [0.4, 0.5) is 0 Å². The fourth-order valence-electron chi connectivity index (χ4n) is 4.46. The maximum atomic E-state index is 10.8. The smallest absolute Gasteiger partial charge is 0.133 e. The highest BCUT2D eigenvalue weighted by atomic mass is 16.3. The molecule has 3 rings (SSSR count). The average molecular weight is 341 g/mol. The predicted octanol–water partition coefficient (Wildman–Crippen LogP) is 2.84. The van der Waals surface area contributed by atoms with E-state index in [4.69, 9.17) is 5.26 Å². The molecule has 3 aliphatic rings. The zero-order valence-electron chi connectivity index (χ0n) is 15.4. The Morgan fingerprint density at radius 3 is 2.56 bits per heavy atom. The lowest BCUT2D eigenvalue weighted by Gasteiger charge is -2.39. The number of hydrogen-bond donors (Lipinski definition) is 2. The van der Waals surface area contributed by atoms with Crippen molar-refractivity contribution in [2.45, 2.75) is 44.9 Å². The fraction of sp³-hybridized carbons (Fsp3) is 0.667. The molecule has 0 bridgehead atoms. The summed E-state index contributed by atoms with van der Waals surface area (Å²) in [4.78, 5) is 2.21. The number of allylic oxidation sites excluding steroid dienone is 2. The summed E-state index contributed by atoms with van der Waals surface area (Å²) in [5.41, 5.74) is 1.02. The van der Waals surface area contributed by atoms with Crippen LogP contribution in [0.3, 0.4) is 0 Å². The van der Waals surface area contributed by atoms with Crippen molar-refractivity contribution in [2.24, 2.45) is 23.7 Å². The molecule has 1 saturated heterocycles. The van der Waals surface area contributed by atoms with E-state index in [0.717, 1.165) is 44.3 Å². The number of aliphatic hydroxyl groups is 1. The van der Waals surface area contributed by atoms with Gasteiger partial charge in [0.25, 0.3) is 0 Å². The van der Waals surface area contributed by atoms with Crippen molar-refractivity contribution in [1.82, 2.24) is 10.2 Å². The van der Waals surface area contributed by atoms with E-state index in [1.165, 1.54) is 0 Å². The molecule has 1 fully saturated rings. The minimum atomic E-state index is -0.495. The highest BCUT2D eigenvalue weighted by Crippen LogP contribution is 2.34. The van der Waals surface area contributed by atoms with Crippen LogP contribution in [-0.2, 0) is 0 Å². The minimum absolute atomic E-state index is 0.116. The lowest BCUT2D eigenvalue weighted by molar-refractivity contribution is 0.00521. The van der Waals surface area contributed by atoms with Gasteiger partial charge in [-0.15, -0.1) is 0 Å². The Morgan fingerprint density at radius 2 is 1.96 bits per heavy atom. The lowest BCUT2D eigenvalue weighted by atomic mass is 9.77. The molecular formula is C21H31N3O. The number of hydrogen-bond acceptors (Lipinski definition) is 4. The second kappa shape index (κ2) is 8.31. The van der Waals surface area contributed by atoms with Gasteiger partial charge in [0.05, 0.1) is 12.0 Å². The van der Waals surface area contributed by atoms with Gasteiger partial charge in [0.2, 0.25) is 0 Å². The van der Waals surface area contributed by atoms with Crippen molar-refractivity contribution in [1.29, 1.82) is 5.26 Å². The second-order valence-corrected chi connectivity index (χ2v) is 7.81. The number of nitrogens with one attached hydrogen (secondary N) is 1. The maximum absolute atomic E-state index is 10.8. The van der Waals surface area contributed by atoms with E-state index in [1.54, 1.807) is 0 Å². The molecular weight excluding hydrogens is 310 g/mol. The van der Waals surface area contributed by atoms with Gasteiger partial charge < -0.3 is 10.4 Å². The van der Waals surface area contributed by atoms with E-state index >= 15 is 0 Å². The summed E-state index contributed by atoms with van der Waals surface area (Å²) in [6.07, 6.45) is 14.7. The standard InChI is InChI=1S/C21H31N3O/c1-15-3-6-19(13-20(15)23-2)21(25)24-11-9-18(10-12-24)17-7-4-16(14-22)5-8-17/h3-4,6-7,13,15-18,20-21,23,25H,5,8-12H2,1-2H3. The second-order valence-electron chi connectivity index (χ2n) is 7.81. The van der Waals surface area contributed by atoms with Crippen LogP contribution in [0, 0.1) is 35.0 Å². The van der Waals surface area contributed by atoms with E-state index in [-0.39, 0.29) is 5.92 Å². The number of nitrogens with zero attached hydrogens (tertiary/aromatic N) is 2. The van der Waals surface area contributed by atoms with Crippen LogP contribution >= 0.6 is 0 Å². The summed E-state index contributed by atoms with van der Waals surface area (Å²) in [7, 11) is 1.97. The van der Waals surface area contributed by atoms with Crippen molar-refractivity contribution < 1.29 is 5.11 Å². The first kappa shape index (κ1) is 18.4. The van der Waals surface area contributed by atoms with Gasteiger partial charge in [-0.3, -0.25) is 4.90 Å². The molecule has 0 aromatic carbocycles. The molecule has 2 N–H and O–H groups in total. The normalized spacial score (nSPS) is 35.2. The number of nitriles is 1. The molecule has 0 aromatic heterocycles. The predicted molar refractivity (Wildman–Crippen MR) is 101 cm³/mol. The monoisotopic (exact) mass is 341 g/mol. The number of piperidine rings is 1. The van der Waals surface area contributed by atoms with Gasteiger partial charge in [0.1, 0.15) is 6.23 Å². The average Bonchev–Trinajstić information content (AvgIpc) is 2.68. The first-order valence-electron chi connectivity index (χ1n) is 9.69. The zero-order valence-corrected chi connectivity index (χ0v) is 15.4. The third-order valence-corrected chi connectivity index (χ3v) is 6.26. The molecule has 4 nitrogen and oxygen atoms in total. The molecule has 0 saturated carbocycles. The molecule has 1 heterocycles. The van der Waals surface area contributed by atoms with Crippen LogP contribution < -0.4 is 5.32 Å².